The van der Waals surface area contributed by atoms with E-state index in [2.05, 4.69) is 99.4 Å². The van der Waals surface area contributed by atoms with Crippen LogP contribution in [0.15, 0.2) is 120 Å². The second-order valence-electron chi connectivity index (χ2n) is 23.0. The van der Waals surface area contributed by atoms with Crippen molar-refractivity contribution in [2.45, 2.75) is 145 Å². The minimum atomic E-state index is -2.25. The predicted molar refractivity (Wildman–Crippen MR) is 299 cm³/mol. The minimum absolute atomic E-state index is 0. The number of para-hydroxylation sites is 2. The minimum Gasteiger partial charge on any atom is -0.501 e. The van der Waals surface area contributed by atoms with Crippen LogP contribution in [0.4, 0.5) is 4.39 Å². The van der Waals surface area contributed by atoms with Gasteiger partial charge in [-0.15, -0.1) is 53.1 Å². The molecule has 9 rings (SSSR count). The van der Waals surface area contributed by atoms with E-state index in [0.29, 0.717) is 50.9 Å². The summed E-state index contributed by atoms with van der Waals surface area (Å²) in [5.74, 6) is 1.36. The molecule has 0 aliphatic carbocycles. The van der Waals surface area contributed by atoms with Gasteiger partial charge in [-0.05, 0) is 112 Å². The number of aryl methyl sites for hydroxylation is 2. The number of fused-ring (bicyclic) bond motifs is 4. The van der Waals surface area contributed by atoms with E-state index in [0.717, 1.165) is 44.3 Å². The van der Waals surface area contributed by atoms with Crippen molar-refractivity contribution in [1.29, 1.82) is 0 Å². The van der Waals surface area contributed by atoms with Gasteiger partial charge in [-0.2, -0.15) is 0 Å². The second kappa shape index (κ2) is 19.9. The van der Waals surface area contributed by atoms with Crippen molar-refractivity contribution in [3.05, 3.63) is 166 Å². The fraction of sp³-hybridized carbons (Fsp3) is 0.344. The van der Waals surface area contributed by atoms with Crippen LogP contribution in [0.3, 0.4) is 0 Å². The Morgan fingerprint density at radius 2 is 1.32 bits per heavy atom. The first-order valence-corrected chi connectivity index (χ1v) is 28.1. The van der Waals surface area contributed by atoms with Crippen LogP contribution in [0.1, 0.15) is 142 Å². The SMILES string of the molecule is CC(C)c1cc([Si](C)(C)C)cc(C(C)C)c1-n1c(-c2[c-]ccc3c2oc2cc(-c4ccccc4)cc(C(C)(C)F)c23)nc2ccccc21.[2H]C([2H])([2H])c1c[c-]c(-c2cc(C(C)(C)C)c(C([2H])([2H])[2H])cn2)cc1C(C)(C)C.[Ir]. The van der Waals surface area contributed by atoms with E-state index in [-0.39, 0.29) is 42.1 Å². The van der Waals surface area contributed by atoms with Gasteiger partial charge in [0, 0.05) is 45.6 Å². The number of pyridine rings is 1. The molecule has 6 aromatic carbocycles. The van der Waals surface area contributed by atoms with Gasteiger partial charge >= 0.3 is 0 Å². The topological polar surface area (TPSA) is 43.9 Å². The fourth-order valence-electron chi connectivity index (χ4n) is 9.46. The molecule has 0 spiro atoms. The van der Waals surface area contributed by atoms with Gasteiger partial charge in [-0.25, -0.2) is 4.39 Å². The third kappa shape index (κ3) is 10.7. The average molecular weight is 1140 g/mol. The molecule has 0 atom stereocenters. The van der Waals surface area contributed by atoms with Crippen LogP contribution in [0.25, 0.3) is 72.4 Å². The summed E-state index contributed by atoms with van der Waals surface area (Å²) in [5.41, 5.74) is 11.2. The maximum atomic E-state index is 16.1. The molecule has 4 nitrogen and oxygen atoms in total. The van der Waals surface area contributed by atoms with E-state index >= 15 is 4.39 Å². The van der Waals surface area contributed by atoms with Crippen molar-refractivity contribution in [1.82, 2.24) is 14.5 Å². The number of hydrogen-bond donors (Lipinski definition) is 0. The largest absolute Gasteiger partial charge is 0.501 e. The zero-order chi connectivity index (χ0) is 55.8. The van der Waals surface area contributed by atoms with Crippen molar-refractivity contribution in [2.75, 3.05) is 0 Å². The van der Waals surface area contributed by atoms with Gasteiger partial charge in [0.05, 0.1) is 30.5 Å². The van der Waals surface area contributed by atoms with Crippen LogP contribution in [0, 0.1) is 25.8 Å². The zero-order valence-electron chi connectivity index (χ0n) is 50.1. The molecule has 0 unspecified atom stereocenters. The Balaban J connectivity index is 0.000000255. The summed E-state index contributed by atoms with van der Waals surface area (Å²) >= 11 is 0. The smallest absolute Gasteiger partial charge is 0.131 e. The molecule has 3 aromatic heterocycles. The Kier molecular flexibility index (Phi) is 12.7. The van der Waals surface area contributed by atoms with Gasteiger partial charge in [0.2, 0.25) is 0 Å². The molecular formula is C64H72FIrN3OSi-2. The first kappa shape index (κ1) is 45.4. The summed E-state index contributed by atoms with van der Waals surface area (Å²) in [6.07, 6.45) is 1.41. The molecule has 0 saturated heterocycles. The van der Waals surface area contributed by atoms with Crippen LogP contribution in [0.2, 0.25) is 19.6 Å². The molecule has 9 aromatic rings. The number of furan rings is 1. The fourth-order valence-corrected chi connectivity index (χ4v) is 10.6. The number of halogens is 1. The molecule has 0 fully saturated rings. The summed E-state index contributed by atoms with van der Waals surface area (Å²) in [4.78, 5) is 9.67. The Bertz CT molecular complexity index is 3520. The van der Waals surface area contributed by atoms with E-state index < -0.39 is 27.4 Å². The molecular weight excluding hydrogens is 1070 g/mol. The molecule has 0 amide bonds. The van der Waals surface area contributed by atoms with Crippen LogP contribution in [-0.4, -0.2) is 22.6 Å². The van der Waals surface area contributed by atoms with Gasteiger partial charge in [-0.3, -0.25) is 4.98 Å². The Hall–Kier alpha value is -5.46. The Morgan fingerprint density at radius 1 is 0.704 bits per heavy atom. The van der Waals surface area contributed by atoms with Gasteiger partial charge in [0.15, 0.2) is 0 Å². The predicted octanol–water partition coefficient (Wildman–Crippen LogP) is 17.8. The van der Waals surface area contributed by atoms with Crippen molar-refractivity contribution < 1.29 is 37.1 Å². The molecule has 0 saturated carbocycles. The maximum absolute atomic E-state index is 16.1. The van der Waals surface area contributed by atoms with Gasteiger partial charge in [-0.1, -0.05) is 173 Å². The second-order valence-corrected chi connectivity index (χ2v) is 28.1. The maximum Gasteiger partial charge on any atom is 0.131 e. The molecule has 0 N–H and O–H groups in total. The quantitative estimate of drug-likeness (QED) is 0.112. The van der Waals surface area contributed by atoms with Crippen LogP contribution in [-0.2, 0) is 36.6 Å². The summed E-state index contributed by atoms with van der Waals surface area (Å²) < 4.78 is 72.1. The number of imidazole rings is 1. The van der Waals surface area contributed by atoms with Crippen molar-refractivity contribution in [3.63, 3.8) is 0 Å². The molecule has 371 valence electrons. The summed E-state index contributed by atoms with van der Waals surface area (Å²) in [7, 11) is -1.61. The van der Waals surface area contributed by atoms with E-state index in [1.54, 1.807) is 19.9 Å². The van der Waals surface area contributed by atoms with Crippen LogP contribution in [0.5, 0.6) is 0 Å². The van der Waals surface area contributed by atoms with Gasteiger partial charge in [0.25, 0.3) is 0 Å². The number of aromatic nitrogens is 3. The molecule has 0 aliphatic heterocycles. The van der Waals surface area contributed by atoms with E-state index in [4.69, 9.17) is 17.6 Å². The van der Waals surface area contributed by atoms with E-state index in [9.17, 15) is 0 Å². The molecule has 1 radical (unpaired) electrons. The average Bonchev–Trinajstić information content (AvgIpc) is 3.90. The molecule has 71 heavy (non-hydrogen) atoms. The summed E-state index contributed by atoms with van der Waals surface area (Å²) in [5, 5.41) is 3.12. The first-order valence-electron chi connectivity index (χ1n) is 27.6. The monoisotopic (exact) mass is 1140 g/mol. The van der Waals surface area contributed by atoms with Crippen LogP contribution < -0.4 is 5.19 Å². The number of alkyl halides is 1. The van der Waals surface area contributed by atoms with Crippen molar-refractivity contribution in [3.8, 4) is 39.5 Å². The van der Waals surface area contributed by atoms with Crippen LogP contribution >= 0.6 is 0 Å². The van der Waals surface area contributed by atoms with E-state index in [1.807, 2.05) is 108 Å². The standard InChI is InChI=1S/C43H44FN2OSi.C21H28N.Ir/c1-26(2)33-24-30(48(7,8)9)25-34(27(3)4)40(33)46-37-21-14-13-20-36(37)45-42(46)32-19-15-18-31-39-35(43(5,6)44)22-29(23-38(39)47-41(31)32)28-16-11-10-12-17-28;1-14-9-10-16(11-17(14)20(3,4)5)19-12-18(21(6,7)8)15(2)13-22-19;/h10-18,20-27H,1-9H3;9,11-13H,1-8H3;/q2*-1;/i;1D3,2D3;. The summed E-state index contributed by atoms with van der Waals surface area (Å²) in [6.45, 7) is 26.9. The van der Waals surface area contributed by atoms with Gasteiger partial charge < -0.3 is 14.0 Å². The Morgan fingerprint density at radius 3 is 1.92 bits per heavy atom. The number of hydrogen-bond acceptors (Lipinski definition) is 3. The van der Waals surface area contributed by atoms with Gasteiger partial charge in [0.1, 0.15) is 11.3 Å². The third-order valence-corrected chi connectivity index (χ3v) is 15.3. The number of nitrogens with zero attached hydrogens (tertiary/aromatic N) is 3. The van der Waals surface area contributed by atoms with Crippen molar-refractivity contribution in [2.24, 2.45) is 0 Å². The Labute approximate surface area is 446 Å². The summed E-state index contributed by atoms with van der Waals surface area (Å²) in [6, 6.07) is 43.0. The van der Waals surface area contributed by atoms with E-state index in [1.165, 1.54) is 34.3 Å². The normalized spacial score (nSPS) is 14.1. The number of rotatable bonds is 8. The molecule has 7 heteroatoms. The number of benzene rings is 6. The zero-order valence-corrected chi connectivity index (χ0v) is 47.5. The first-order chi connectivity index (χ1) is 35.2. The molecule has 3 heterocycles. The molecule has 0 aliphatic rings. The van der Waals surface area contributed by atoms with Crippen molar-refractivity contribution >= 4 is 46.2 Å². The molecule has 0 bridgehead atoms. The third-order valence-electron chi connectivity index (χ3n) is 13.3.